The fraction of sp³-hybridized carbons (Fsp3) is 0.714. The van der Waals surface area contributed by atoms with Crippen LogP contribution in [-0.2, 0) is 14.3 Å². The molecule has 3 N–H and O–H groups in total. The van der Waals surface area contributed by atoms with E-state index in [4.69, 9.17) is 15.3 Å². The maximum absolute atomic E-state index is 13.0. The van der Waals surface area contributed by atoms with Crippen molar-refractivity contribution in [2.75, 3.05) is 0 Å². The summed E-state index contributed by atoms with van der Waals surface area (Å²) in [6.45, 7) is 0. The van der Waals surface area contributed by atoms with Crippen molar-refractivity contribution in [3.63, 3.8) is 0 Å². The second-order valence-electron chi connectivity index (χ2n) is 3.14. The monoisotopic (exact) mass is 226 g/mol. The fourth-order valence-corrected chi connectivity index (χ4v) is 1.21. The Kier molecular flexibility index (Phi) is 2.66. The van der Waals surface area contributed by atoms with Gasteiger partial charge >= 0.3 is 23.6 Å². The number of aliphatic carboxylic acids is 2. The number of alkyl halides is 2. The number of hydrogen-bond donors (Lipinski definition) is 3. The predicted octanol–water partition coefficient (Wildman–Crippen LogP) is -0.342. The average Bonchev–Trinajstić information content (AvgIpc) is 2.09. The van der Waals surface area contributed by atoms with Gasteiger partial charge in [-0.1, -0.05) is 0 Å². The molecule has 1 aliphatic heterocycles. The highest BCUT2D eigenvalue weighted by Crippen LogP contribution is 2.40. The van der Waals surface area contributed by atoms with Crippen LogP contribution in [0, 0.1) is 0 Å². The van der Waals surface area contributed by atoms with Crippen molar-refractivity contribution in [2.45, 2.75) is 30.7 Å². The Morgan fingerprint density at radius 2 is 1.87 bits per heavy atom. The smallest absolute Gasteiger partial charge is 0.371 e. The van der Waals surface area contributed by atoms with E-state index in [1.54, 1.807) is 0 Å². The molecule has 0 amide bonds. The molecule has 15 heavy (non-hydrogen) atoms. The average molecular weight is 226 g/mol. The van der Waals surface area contributed by atoms with Crippen LogP contribution >= 0.6 is 0 Å². The van der Waals surface area contributed by atoms with Gasteiger partial charge in [0, 0.05) is 6.42 Å². The molecule has 0 radical (unpaired) electrons. The molecule has 6 nitrogen and oxygen atoms in total. The van der Waals surface area contributed by atoms with E-state index >= 15 is 0 Å². The molecule has 1 fully saturated rings. The maximum atomic E-state index is 13.0. The summed E-state index contributed by atoms with van der Waals surface area (Å²) in [5.41, 5.74) is 0. The first kappa shape index (κ1) is 11.8. The van der Waals surface area contributed by atoms with Crippen molar-refractivity contribution in [1.29, 1.82) is 0 Å². The number of halogens is 2. The summed E-state index contributed by atoms with van der Waals surface area (Å²) in [7, 11) is 0. The van der Waals surface area contributed by atoms with Gasteiger partial charge in [0.15, 0.2) is 6.10 Å². The van der Waals surface area contributed by atoms with Gasteiger partial charge in [-0.15, -0.1) is 0 Å². The van der Waals surface area contributed by atoms with Crippen molar-refractivity contribution >= 4 is 11.9 Å². The van der Waals surface area contributed by atoms with E-state index in [9.17, 15) is 18.4 Å². The molecule has 1 saturated heterocycles. The van der Waals surface area contributed by atoms with Crippen molar-refractivity contribution < 1.29 is 38.4 Å². The molecule has 0 aromatic heterocycles. The number of ether oxygens (including phenoxy) is 1. The zero-order chi connectivity index (χ0) is 11.9. The molecule has 0 aliphatic carbocycles. The molecule has 0 bridgehead atoms. The van der Waals surface area contributed by atoms with Crippen LogP contribution in [0.3, 0.4) is 0 Å². The van der Waals surface area contributed by atoms with Gasteiger partial charge < -0.3 is 20.1 Å². The van der Waals surface area contributed by atoms with Crippen molar-refractivity contribution in [3.05, 3.63) is 0 Å². The molecule has 0 aromatic rings. The van der Waals surface area contributed by atoms with Crippen LogP contribution in [0.5, 0.6) is 0 Å². The van der Waals surface area contributed by atoms with Crippen molar-refractivity contribution in [3.8, 4) is 0 Å². The van der Waals surface area contributed by atoms with Crippen LogP contribution in [-0.4, -0.2) is 45.1 Å². The van der Waals surface area contributed by atoms with E-state index in [1.165, 1.54) is 0 Å². The van der Waals surface area contributed by atoms with Crippen LogP contribution in [0.1, 0.15) is 12.8 Å². The molecule has 2 unspecified atom stereocenters. The highest BCUT2D eigenvalue weighted by atomic mass is 19.3. The SMILES string of the molecule is O=C(O)C1CCC(F)(F)C(O)(C(=O)O)O1. The topological polar surface area (TPSA) is 104 Å². The lowest BCUT2D eigenvalue weighted by atomic mass is 9.97. The lowest BCUT2D eigenvalue weighted by Crippen LogP contribution is -2.62. The minimum atomic E-state index is -4.01. The Morgan fingerprint density at radius 1 is 1.33 bits per heavy atom. The highest BCUT2D eigenvalue weighted by Gasteiger charge is 2.64. The molecule has 8 heteroatoms. The number of aliphatic hydroxyl groups is 1. The molecule has 0 aromatic carbocycles. The molecule has 1 aliphatic rings. The minimum Gasteiger partial charge on any atom is -0.479 e. The van der Waals surface area contributed by atoms with E-state index in [2.05, 4.69) is 4.74 Å². The molecule has 0 spiro atoms. The van der Waals surface area contributed by atoms with Gasteiger partial charge in [-0.2, -0.15) is 8.78 Å². The Bertz CT molecular complexity index is 304. The second-order valence-corrected chi connectivity index (χ2v) is 3.14. The molecule has 0 saturated carbocycles. The van der Waals surface area contributed by atoms with E-state index in [0.717, 1.165) is 0 Å². The molecular formula is C7H8F2O6. The van der Waals surface area contributed by atoms with Crippen LogP contribution in [0.4, 0.5) is 8.78 Å². The van der Waals surface area contributed by atoms with Gasteiger partial charge in [0.2, 0.25) is 0 Å². The van der Waals surface area contributed by atoms with Gasteiger partial charge in [-0.05, 0) is 6.42 Å². The summed E-state index contributed by atoms with van der Waals surface area (Å²) in [6, 6.07) is 0. The number of carbonyl (C=O) groups is 2. The van der Waals surface area contributed by atoms with E-state index in [-0.39, 0.29) is 0 Å². The van der Waals surface area contributed by atoms with E-state index in [0.29, 0.717) is 0 Å². The lowest BCUT2D eigenvalue weighted by molar-refractivity contribution is -0.339. The van der Waals surface area contributed by atoms with Gasteiger partial charge in [-0.25, -0.2) is 9.59 Å². The summed E-state index contributed by atoms with van der Waals surface area (Å²) < 4.78 is 30.0. The van der Waals surface area contributed by atoms with Crippen LogP contribution < -0.4 is 0 Å². The first-order chi connectivity index (χ1) is 6.71. The fourth-order valence-electron chi connectivity index (χ4n) is 1.21. The number of hydrogen-bond acceptors (Lipinski definition) is 4. The third-order valence-electron chi connectivity index (χ3n) is 2.09. The zero-order valence-corrected chi connectivity index (χ0v) is 7.31. The summed E-state index contributed by atoms with van der Waals surface area (Å²) in [4.78, 5) is 20.8. The van der Waals surface area contributed by atoms with Crippen LogP contribution in [0.25, 0.3) is 0 Å². The first-order valence-corrected chi connectivity index (χ1v) is 3.95. The van der Waals surface area contributed by atoms with E-state index < -0.39 is 42.6 Å². The van der Waals surface area contributed by atoms with Gasteiger partial charge in [0.05, 0.1) is 0 Å². The normalized spacial score (nSPS) is 34.7. The van der Waals surface area contributed by atoms with Crippen molar-refractivity contribution in [2.24, 2.45) is 0 Å². The van der Waals surface area contributed by atoms with E-state index in [1.807, 2.05) is 0 Å². The van der Waals surface area contributed by atoms with Crippen molar-refractivity contribution in [1.82, 2.24) is 0 Å². The largest absolute Gasteiger partial charge is 0.479 e. The zero-order valence-electron chi connectivity index (χ0n) is 7.31. The Morgan fingerprint density at radius 3 is 2.27 bits per heavy atom. The standard InChI is InChI=1S/C7H8F2O6/c8-6(9)2-1-3(4(10)11)15-7(6,14)5(12)13/h3,14H,1-2H2,(H,10,11)(H,12,13). The molecule has 1 rings (SSSR count). The summed E-state index contributed by atoms with van der Waals surface area (Å²) in [6.07, 6.45) is -3.37. The second kappa shape index (κ2) is 3.38. The lowest BCUT2D eigenvalue weighted by Gasteiger charge is -2.38. The molecule has 86 valence electrons. The number of rotatable bonds is 2. The Labute approximate surface area is 82.1 Å². The maximum Gasteiger partial charge on any atom is 0.371 e. The van der Waals surface area contributed by atoms with Crippen LogP contribution in [0.15, 0.2) is 0 Å². The molecule has 1 heterocycles. The molecule has 2 atom stereocenters. The highest BCUT2D eigenvalue weighted by molar-refractivity contribution is 5.79. The minimum absolute atomic E-state index is 0.558. The Balaban J connectivity index is 2.98. The van der Waals surface area contributed by atoms with Gasteiger partial charge in [0.1, 0.15) is 0 Å². The predicted molar refractivity (Wildman–Crippen MR) is 39.3 cm³/mol. The summed E-state index contributed by atoms with van der Waals surface area (Å²) in [5, 5.41) is 25.9. The van der Waals surface area contributed by atoms with Gasteiger partial charge in [0.25, 0.3) is 0 Å². The van der Waals surface area contributed by atoms with Gasteiger partial charge in [-0.3, -0.25) is 0 Å². The third-order valence-corrected chi connectivity index (χ3v) is 2.09. The third kappa shape index (κ3) is 1.77. The molecular weight excluding hydrogens is 218 g/mol. The number of carboxylic acids is 2. The quantitative estimate of drug-likeness (QED) is 0.595. The van der Waals surface area contributed by atoms with Crippen LogP contribution in [0.2, 0.25) is 0 Å². The number of carboxylic acid groups (broad SMARTS) is 2. The summed E-state index contributed by atoms with van der Waals surface area (Å²) in [5.74, 6) is -11.7. The Hall–Kier alpha value is -1.28. The summed E-state index contributed by atoms with van der Waals surface area (Å²) >= 11 is 0. The first-order valence-electron chi connectivity index (χ1n) is 3.95.